The average molecular weight is 512 g/mol. The second-order valence-corrected chi connectivity index (χ2v) is 6.62. The first-order valence-corrected chi connectivity index (χ1v) is 9.69. The van der Waals surface area contributed by atoms with Crippen LogP contribution >= 0.6 is 35.6 Å². The highest BCUT2D eigenvalue weighted by atomic mass is 127. The fourth-order valence-electron chi connectivity index (χ4n) is 2.53. The molecule has 0 radical (unpaired) electrons. The topological polar surface area (TPSA) is 64.1 Å². The molecule has 2 unspecified atom stereocenters. The fourth-order valence-corrected chi connectivity index (χ4v) is 2.71. The van der Waals surface area contributed by atoms with Crippen molar-refractivity contribution < 1.29 is 14.2 Å². The molecule has 0 bridgehead atoms. The molecule has 154 valence electrons. The van der Waals surface area contributed by atoms with Crippen LogP contribution in [0.2, 0.25) is 5.02 Å². The van der Waals surface area contributed by atoms with Crippen LogP contribution in [0.1, 0.15) is 26.7 Å². The van der Waals surface area contributed by atoms with Gasteiger partial charge < -0.3 is 24.8 Å². The van der Waals surface area contributed by atoms with E-state index in [0.717, 1.165) is 51.7 Å². The Morgan fingerprint density at radius 2 is 2.19 bits per heavy atom. The Morgan fingerprint density at radius 1 is 1.37 bits per heavy atom. The lowest BCUT2D eigenvalue weighted by atomic mass is 10.3. The van der Waals surface area contributed by atoms with Crippen LogP contribution in [-0.2, 0) is 9.47 Å². The van der Waals surface area contributed by atoms with Gasteiger partial charge in [0.2, 0.25) is 0 Å². The summed E-state index contributed by atoms with van der Waals surface area (Å²) < 4.78 is 16.9. The third-order valence-corrected chi connectivity index (χ3v) is 4.18. The molecule has 1 aliphatic heterocycles. The fraction of sp³-hybridized carbons (Fsp3) is 0.632. The Bertz CT molecular complexity index is 557. The number of halogens is 2. The number of nitrogens with zero attached hydrogens (tertiary/aromatic N) is 1. The zero-order valence-electron chi connectivity index (χ0n) is 16.1. The minimum atomic E-state index is -0.0731. The van der Waals surface area contributed by atoms with Crippen molar-refractivity contribution in [2.75, 3.05) is 39.5 Å². The summed E-state index contributed by atoms with van der Waals surface area (Å²) >= 11 is 6.12. The maximum Gasteiger partial charge on any atom is 0.191 e. The Kier molecular flexibility index (Phi) is 12.8. The van der Waals surface area contributed by atoms with Gasteiger partial charge in [0, 0.05) is 26.3 Å². The zero-order chi connectivity index (χ0) is 18.6. The Hall–Kier alpha value is -0.770. The van der Waals surface area contributed by atoms with E-state index in [9.17, 15) is 0 Å². The van der Waals surface area contributed by atoms with Crippen molar-refractivity contribution in [1.82, 2.24) is 10.6 Å². The number of rotatable bonds is 10. The lowest BCUT2D eigenvalue weighted by Gasteiger charge is -2.16. The average Bonchev–Trinajstić information content (AvgIpc) is 3.15. The quantitative estimate of drug-likeness (QED) is 0.218. The highest BCUT2D eigenvalue weighted by Gasteiger charge is 2.15. The van der Waals surface area contributed by atoms with Crippen molar-refractivity contribution in [2.45, 2.75) is 38.9 Å². The van der Waals surface area contributed by atoms with Crippen LogP contribution in [0, 0.1) is 0 Å². The van der Waals surface area contributed by atoms with Gasteiger partial charge in [-0.1, -0.05) is 23.7 Å². The summed E-state index contributed by atoms with van der Waals surface area (Å²) in [6, 6.07) is 7.47. The van der Waals surface area contributed by atoms with Crippen molar-refractivity contribution in [3.8, 4) is 5.75 Å². The van der Waals surface area contributed by atoms with E-state index < -0.39 is 0 Å². The Morgan fingerprint density at radius 3 is 2.89 bits per heavy atom. The highest BCUT2D eigenvalue weighted by molar-refractivity contribution is 14.0. The number of ether oxygens (including phenoxy) is 3. The van der Waals surface area contributed by atoms with Crippen molar-refractivity contribution in [3.05, 3.63) is 29.3 Å². The Balaban J connectivity index is 0.00000364. The largest absolute Gasteiger partial charge is 0.487 e. The van der Waals surface area contributed by atoms with Gasteiger partial charge in [-0.15, -0.1) is 24.0 Å². The van der Waals surface area contributed by atoms with Gasteiger partial charge in [-0.25, -0.2) is 4.99 Å². The van der Waals surface area contributed by atoms with E-state index in [1.807, 2.05) is 38.1 Å². The maximum absolute atomic E-state index is 6.12. The molecule has 6 nitrogen and oxygen atoms in total. The van der Waals surface area contributed by atoms with E-state index in [4.69, 9.17) is 25.8 Å². The van der Waals surface area contributed by atoms with Crippen LogP contribution in [0.3, 0.4) is 0 Å². The monoisotopic (exact) mass is 511 g/mol. The lowest BCUT2D eigenvalue weighted by molar-refractivity contribution is 0.0420. The summed E-state index contributed by atoms with van der Waals surface area (Å²) in [6.07, 6.45) is 2.11. The summed E-state index contributed by atoms with van der Waals surface area (Å²) in [5.41, 5.74) is 0. The summed E-state index contributed by atoms with van der Waals surface area (Å²) in [6.45, 7) is 8.44. The van der Waals surface area contributed by atoms with E-state index in [1.165, 1.54) is 0 Å². The van der Waals surface area contributed by atoms with E-state index in [1.54, 1.807) is 0 Å². The van der Waals surface area contributed by atoms with Crippen LogP contribution < -0.4 is 15.4 Å². The molecular formula is C19H31ClIN3O3. The Labute approximate surface area is 184 Å². The molecule has 0 aliphatic carbocycles. The standard InChI is InChI=1S/C19H30ClN3O3.HI/c1-3-21-19(22-10-6-11-25-16-9-12-24-14-16)23-13-15(2)26-18-8-5-4-7-17(18)20;/h4-5,7-8,15-16H,3,6,9-14H2,1-2H3,(H2,21,22,23);1H. The first kappa shape index (κ1) is 24.3. The number of para-hydroxylation sites is 1. The zero-order valence-corrected chi connectivity index (χ0v) is 19.2. The molecule has 27 heavy (non-hydrogen) atoms. The number of aliphatic imine (C=N–C) groups is 1. The molecule has 0 saturated carbocycles. The van der Waals surface area contributed by atoms with Crippen LogP contribution in [-0.4, -0.2) is 57.6 Å². The predicted octanol–water partition coefficient (Wildman–Crippen LogP) is 3.48. The first-order chi connectivity index (χ1) is 12.7. The molecule has 1 saturated heterocycles. The molecule has 2 N–H and O–H groups in total. The highest BCUT2D eigenvalue weighted by Crippen LogP contribution is 2.24. The van der Waals surface area contributed by atoms with Crippen molar-refractivity contribution in [1.29, 1.82) is 0 Å². The number of guanidine groups is 1. The molecule has 8 heteroatoms. The lowest BCUT2D eigenvalue weighted by Crippen LogP contribution is -2.39. The molecule has 1 aliphatic rings. The van der Waals surface area contributed by atoms with E-state index in [-0.39, 0.29) is 36.2 Å². The molecule has 1 fully saturated rings. The van der Waals surface area contributed by atoms with Crippen LogP contribution in [0.4, 0.5) is 0 Å². The van der Waals surface area contributed by atoms with Gasteiger partial charge >= 0.3 is 0 Å². The van der Waals surface area contributed by atoms with Gasteiger partial charge in [-0.3, -0.25) is 0 Å². The molecule has 1 heterocycles. The molecule has 1 aromatic carbocycles. The minimum Gasteiger partial charge on any atom is -0.487 e. The molecule has 1 aromatic rings. The molecule has 2 atom stereocenters. The first-order valence-electron chi connectivity index (χ1n) is 9.31. The van der Waals surface area contributed by atoms with E-state index in [2.05, 4.69) is 15.6 Å². The van der Waals surface area contributed by atoms with Gasteiger partial charge in [0.15, 0.2) is 5.96 Å². The van der Waals surface area contributed by atoms with Crippen LogP contribution in [0.25, 0.3) is 0 Å². The van der Waals surface area contributed by atoms with Crippen LogP contribution in [0.15, 0.2) is 29.3 Å². The summed E-state index contributed by atoms with van der Waals surface area (Å²) in [5, 5.41) is 7.18. The summed E-state index contributed by atoms with van der Waals surface area (Å²) in [5.74, 6) is 1.47. The minimum absolute atomic E-state index is 0. The number of hydrogen-bond donors (Lipinski definition) is 2. The second kappa shape index (κ2) is 14.3. The van der Waals surface area contributed by atoms with E-state index >= 15 is 0 Å². The van der Waals surface area contributed by atoms with Gasteiger partial charge in [0.25, 0.3) is 0 Å². The molecule has 2 rings (SSSR count). The van der Waals surface area contributed by atoms with Gasteiger partial charge in [0.05, 0.1) is 24.3 Å². The maximum atomic E-state index is 6.12. The number of hydrogen-bond acceptors (Lipinski definition) is 4. The molecule has 0 spiro atoms. The predicted molar refractivity (Wildman–Crippen MR) is 121 cm³/mol. The van der Waals surface area contributed by atoms with Crippen molar-refractivity contribution in [3.63, 3.8) is 0 Å². The van der Waals surface area contributed by atoms with Crippen LogP contribution in [0.5, 0.6) is 5.75 Å². The smallest absolute Gasteiger partial charge is 0.191 e. The second-order valence-electron chi connectivity index (χ2n) is 6.22. The van der Waals surface area contributed by atoms with Gasteiger partial charge in [-0.05, 0) is 38.8 Å². The number of benzene rings is 1. The summed E-state index contributed by atoms with van der Waals surface area (Å²) in [4.78, 5) is 4.58. The van der Waals surface area contributed by atoms with Gasteiger partial charge in [-0.2, -0.15) is 0 Å². The normalized spacial score (nSPS) is 17.9. The number of nitrogens with one attached hydrogen (secondary N) is 2. The third-order valence-electron chi connectivity index (χ3n) is 3.87. The third kappa shape index (κ3) is 9.82. The van der Waals surface area contributed by atoms with E-state index in [0.29, 0.717) is 17.3 Å². The molecule has 0 aromatic heterocycles. The van der Waals surface area contributed by atoms with Crippen molar-refractivity contribution >= 4 is 41.5 Å². The molecular weight excluding hydrogens is 481 g/mol. The van der Waals surface area contributed by atoms with Crippen molar-refractivity contribution in [2.24, 2.45) is 4.99 Å². The molecule has 0 amide bonds. The SMILES string of the molecule is CCNC(=NCC(C)Oc1ccccc1Cl)NCCCOC1CCOC1.I. The summed E-state index contributed by atoms with van der Waals surface area (Å²) in [7, 11) is 0. The van der Waals surface area contributed by atoms with Gasteiger partial charge in [0.1, 0.15) is 11.9 Å².